The van der Waals surface area contributed by atoms with Crippen molar-refractivity contribution in [3.63, 3.8) is 0 Å². The minimum absolute atomic E-state index is 0.327. The van der Waals surface area contributed by atoms with E-state index in [4.69, 9.17) is 10.5 Å². The van der Waals surface area contributed by atoms with Crippen LogP contribution < -0.4 is 11.1 Å². The van der Waals surface area contributed by atoms with Gasteiger partial charge in [0.25, 0.3) is 0 Å². The van der Waals surface area contributed by atoms with Crippen molar-refractivity contribution in [2.45, 2.75) is 45.3 Å². The predicted octanol–water partition coefficient (Wildman–Crippen LogP) is 0.800. The Balaban J connectivity index is 1.59. The fourth-order valence-electron chi connectivity index (χ4n) is 2.77. The van der Waals surface area contributed by atoms with Crippen molar-refractivity contribution in [1.82, 2.24) is 10.2 Å². The second kappa shape index (κ2) is 7.10. The molecule has 0 spiro atoms. The summed E-state index contributed by atoms with van der Waals surface area (Å²) in [4.78, 5) is 6.82. The third kappa shape index (κ3) is 4.99. The van der Waals surface area contributed by atoms with Crippen LogP contribution in [0.4, 0.5) is 0 Å². The molecule has 110 valence electrons. The van der Waals surface area contributed by atoms with Gasteiger partial charge in [-0.2, -0.15) is 0 Å². The van der Waals surface area contributed by atoms with Gasteiger partial charge in [0.2, 0.25) is 0 Å². The monoisotopic (exact) mass is 268 g/mol. The number of aliphatic imine (C=N–C) groups is 1. The van der Waals surface area contributed by atoms with Crippen molar-refractivity contribution in [1.29, 1.82) is 0 Å². The van der Waals surface area contributed by atoms with Crippen molar-refractivity contribution in [2.75, 3.05) is 32.7 Å². The lowest BCUT2D eigenvalue weighted by molar-refractivity contribution is -0.0672. The van der Waals surface area contributed by atoms with E-state index in [1.165, 1.54) is 19.3 Å². The second-order valence-electron chi connectivity index (χ2n) is 5.97. The van der Waals surface area contributed by atoms with Gasteiger partial charge in [-0.05, 0) is 32.6 Å². The van der Waals surface area contributed by atoms with Crippen LogP contribution in [0.15, 0.2) is 4.99 Å². The van der Waals surface area contributed by atoms with Crippen LogP contribution in [0.3, 0.4) is 0 Å². The van der Waals surface area contributed by atoms with Gasteiger partial charge in [-0.3, -0.25) is 9.89 Å². The van der Waals surface area contributed by atoms with E-state index in [-0.39, 0.29) is 0 Å². The zero-order valence-corrected chi connectivity index (χ0v) is 12.3. The minimum atomic E-state index is 0.327. The highest BCUT2D eigenvalue weighted by atomic mass is 16.5. The number of rotatable bonds is 5. The molecule has 5 nitrogen and oxygen atoms in total. The van der Waals surface area contributed by atoms with E-state index in [2.05, 4.69) is 29.1 Å². The average Bonchev–Trinajstić information content (AvgIpc) is 2.25. The van der Waals surface area contributed by atoms with Crippen molar-refractivity contribution in [3.05, 3.63) is 0 Å². The Hall–Kier alpha value is -0.810. The maximum atomic E-state index is 5.87. The van der Waals surface area contributed by atoms with Gasteiger partial charge in [-0.15, -0.1) is 0 Å². The number of nitrogens with zero attached hydrogens (tertiary/aromatic N) is 2. The first kappa shape index (κ1) is 14.6. The molecule has 0 aromatic carbocycles. The summed E-state index contributed by atoms with van der Waals surface area (Å²) in [7, 11) is 0. The summed E-state index contributed by atoms with van der Waals surface area (Å²) in [5, 5.41) is 3.21. The Labute approximate surface area is 116 Å². The fraction of sp³-hybridized carbons (Fsp3) is 0.929. The molecule has 0 aromatic heterocycles. The Bertz CT molecular complexity index is 294. The molecule has 2 atom stereocenters. The fourth-order valence-corrected chi connectivity index (χ4v) is 2.77. The van der Waals surface area contributed by atoms with Crippen molar-refractivity contribution in [2.24, 2.45) is 16.6 Å². The van der Waals surface area contributed by atoms with E-state index in [0.717, 1.165) is 38.6 Å². The molecule has 5 heteroatoms. The van der Waals surface area contributed by atoms with Crippen LogP contribution in [-0.4, -0.2) is 55.8 Å². The molecule has 1 saturated carbocycles. The van der Waals surface area contributed by atoms with Gasteiger partial charge in [-0.25, -0.2) is 0 Å². The van der Waals surface area contributed by atoms with Crippen LogP contribution in [0.1, 0.15) is 33.1 Å². The Kier molecular flexibility index (Phi) is 5.45. The standard InChI is InChI=1S/C14H28N4O/c1-11-9-18(10-12(2)19-11)7-6-16-14(15)17-8-13-4-3-5-13/h11-13H,3-10H2,1-2H3,(H3,15,16,17)/t11-,12-/m0/s1. The van der Waals surface area contributed by atoms with Crippen molar-refractivity contribution in [3.8, 4) is 0 Å². The first-order valence-electron chi connectivity index (χ1n) is 7.55. The SMILES string of the molecule is C[C@H]1CN(CCNC(N)=NCC2CCC2)C[C@H](C)O1. The molecule has 0 aromatic rings. The average molecular weight is 268 g/mol. The number of nitrogens with two attached hydrogens (primary N) is 1. The third-order valence-corrected chi connectivity index (χ3v) is 3.97. The van der Waals surface area contributed by atoms with E-state index >= 15 is 0 Å². The highest BCUT2D eigenvalue weighted by Crippen LogP contribution is 2.26. The Morgan fingerprint density at radius 3 is 2.58 bits per heavy atom. The largest absolute Gasteiger partial charge is 0.373 e. The smallest absolute Gasteiger partial charge is 0.188 e. The quantitative estimate of drug-likeness (QED) is 0.572. The van der Waals surface area contributed by atoms with Gasteiger partial charge in [0.15, 0.2) is 5.96 Å². The molecule has 0 amide bonds. The van der Waals surface area contributed by atoms with Gasteiger partial charge in [-0.1, -0.05) is 6.42 Å². The Morgan fingerprint density at radius 2 is 2.00 bits per heavy atom. The molecule has 0 radical (unpaired) electrons. The minimum Gasteiger partial charge on any atom is -0.373 e. The molecule has 1 aliphatic heterocycles. The summed E-state index contributed by atoms with van der Waals surface area (Å²) in [5.74, 6) is 1.38. The summed E-state index contributed by atoms with van der Waals surface area (Å²) in [5.41, 5.74) is 5.87. The number of morpholine rings is 1. The molecule has 1 aliphatic carbocycles. The lowest BCUT2D eigenvalue weighted by atomic mass is 9.86. The van der Waals surface area contributed by atoms with Crippen LogP contribution >= 0.6 is 0 Å². The maximum absolute atomic E-state index is 5.87. The third-order valence-electron chi connectivity index (χ3n) is 3.97. The lowest BCUT2D eigenvalue weighted by Gasteiger charge is -2.35. The molecule has 2 rings (SSSR count). The molecular weight excluding hydrogens is 240 g/mol. The van der Waals surface area contributed by atoms with E-state index < -0.39 is 0 Å². The first-order chi connectivity index (χ1) is 9.13. The normalized spacial score (nSPS) is 30.1. The number of guanidine groups is 1. The molecule has 3 N–H and O–H groups in total. The topological polar surface area (TPSA) is 62.9 Å². The molecule has 2 aliphatic rings. The predicted molar refractivity (Wildman–Crippen MR) is 78.3 cm³/mol. The number of nitrogens with one attached hydrogen (secondary N) is 1. The van der Waals surface area contributed by atoms with Crippen LogP contribution in [0, 0.1) is 5.92 Å². The van der Waals surface area contributed by atoms with Gasteiger partial charge >= 0.3 is 0 Å². The van der Waals surface area contributed by atoms with Crippen LogP contribution in [-0.2, 0) is 4.74 Å². The lowest BCUT2D eigenvalue weighted by Crippen LogP contribution is -2.48. The summed E-state index contributed by atoms with van der Waals surface area (Å²) in [6, 6.07) is 0. The number of hydrogen-bond donors (Lipinski definition) is 2. The van der Waals surface area contributed by atoms with Gasteiger partial charge < -0.3 is 15.8 Å². The van der Waals surface area contributed by atoms with Crippen molar-refractivity contribution >= 4 is 5.96 Å². The maximum Gasteiger partial charge on any atom is 0.188 e. The zero-order chi connectivity index (χ0) is 13.7. The summed E-state index contributed by atoms with van der Waals surface area (Å²) < 4.78 is 5.72. The van der Waals surface area contributed by atoms with E-state index in [1.54, 1.807) is 0 Å². The number of ether oxygens (including phenoxy) is 1. The molecule has 2 fully saturated rings. The summed E-state index contributed by atoms with van der Waals surface area (Å²) in [6.07, 6.45) is 4.66. The van der Waals surface area contributed by atoms with E-state index in [0.29, 0.717) is 18.2 Å². The molecule has 1 heterocycles. The molecule has 1 saturated heterocycles. The van der Waals surface area contributed by atoms with Gasteiger partial charge in [0, 0.05) is 32.7 Å². The molecule has 0 bridgehead atoms. The summed E-state index contributed by atoms with van der Waals surface area (Å²) in [6.45, 7) is 9.02. The van der Waals surface area contributed by atoms with Gasteiger partial charge in [0.1, 0.15) is 0 Å². The molecule has 0 unspecified atom stereocenters. The molecular formula is C14H28N4O. The highest BCUT2D eigenvalue weighted by molar-refractivity contribution is 5.77. The Morgan fingerprint density at radius 1 is 1.32 bits per heavy atom. The second-order valence-corrected chi connectivity index (χ2v) is 5.97. The molecule has 19 heavy (non-hydrogen) atoms. The van der Waals surface area contributed by atoms with Crippen LogP contribution in [0.2, 0.25) is 0 Å². The number of hydrogen-bond acceptors (Lipinski definition) is 3. The summed E-state index contributed by atoms with van der Waals surface area (Å²) >= 11 is 0. The van der Waals surface area contributed by atoms with Crippen LogP contribution in [0.5, 0.6) is 0 Å². The van der Waals surface area contributed by atoms with E-state index in [1.807, 2.05) is 0 Å². The van der Waals surface area contributed by atoms with Crippen molar-refractivity contribution < 1.29 is 4.74 Å². The van der Waals surface area contributed by atoms with Crippen LogP contribution in [0.25, 0.3) is 0 Å². The first-order valence-corrected chi connectivity index (χ1v) is 7.55. The zero-order valence-electron chi connectivity index (χ0n) is 12.3. The van der Waals surface area contributed by atoms with Gasteiger partial charge in [0.05, 0.1) is 12.2 Å². The highest BCUT2D eigenvalue weighted by Gasteiger charge is 2.21. The van der Waals surface area contributed by atoms with E-state index in [9.17, 15) is 0 Å².